The van der Waals surface area contributed by atoms with E-state index in [0.29, 0.717) is 0 Å². The summed E-state index contributed by atoms with van der Waals surface area (Å²) in [7, 11) is -5.67. The summed E-state index contributed by atoms with van der Waals surface area (Å²) in [5.41, 5.74) is 9.05. The van der Waals surface area contributed by atoms with E-state index in [2.05, 4.69) is 91.5 Å². The van der Waals surface area contributed by atoms with Crippen molar-refractivity contribution >= 4 is 24.9 Å². The van der Waals surface area contributed by atoms with E-state index in [-0.39, 0.29) is 22.9 Å². The summed E-state index contributed by atoms with van der Waals surface area (Å²) < 4.78 is 30.2. The molecule has 0 radical (unpaired) electrons. The van der Waals surface area contributed by atoms with Gasteiger partial charge in [-0.15, -0.1) is 0 Å². The molecule has 2 nitrogen and oxygen atoms in total. The maximum absolute atomic E-state index is 15.2. The average molecular weight is 465 g/mol. The zero-order valence-corrected chi connectivity index (χ0v) is 22.3. The van der Waals surface area contributed by atoms with Gasteiger partial charge in [-0.3, -0.25) is 0 Å². The summed E-state index contributed by atoms with van der Waals surface area (Å²) in [5, 5.41) is 2.06. The highest BCUT2D eigenvalue weighted by Crippen LogP contribution is 2.81. The van der Waals surface area contributed by atoms with Crippen molar-refractivity contribution in [2.45, 2.75) is 72.4 Å². The molecule has 0 spiro atoms. The number of hydrogen-bond donors (Lipinski definition) is 0. The number of benzene rings is 2. The number of allylic oxidation sites excluding steroid dienone is 3. The first-order valence-corrected chi connectivity index (χ1v) is 15.3. The summed E-state index contributed by atoms with van der Waals surface area (Å²) in [6, 6.07) is 8.64. The van der Waals surface area contributed by atoms with Crippen LogP contribution in [0, 0.1) is 47.5 Å². The molecule has 3 heterocycles. The molecule has 168 valence electrons. The fourth-order valence-corrected chi connectivity index (χ4v) is 17.8. The van der Waals surface area contributed by atoms with Gasteiger partial charge in [0.1, 0.15) is 14.3 Å². The molecular formula is C28H34O2P2. The largest absolute Gasteiger partial charge is 0.317 e. The molecule has 0 N–H and O–H groups in total. The van der Waals surface area contributed by atoms with Crippen LogP contribution >= 0.6 is 14.3 Å². The van der Waals surface area contributed by atoms with Crippen molar-refractivity contribution in [2.24, 2.45) is 5.92 Å². The van der Waals surface area contributed by atoms with Gasteiger partial charge in [0, 0.05) is 33.5 Å². The van der Waals surface area contributed by atoms with Gasteiger partial charge < -0.3 is 9.13 Å². The lowest BCUT2D eigenvalue weighted by Crippen LogP contribution is -2.31. The van der Waals surface area contributed by atoms with Gasteiger partial charge in [-0.25, -0.2) is 0 Å². The lowest BCUT2D eigenvalue weighted by Gasteiger charge is -2.30. The molecule has 0 aliphatic carbocycles. The van der Waals surface area contributed by atoms with Gasteiger partial charge in [-0.2, -0.15) is 0 Å². The summed E-state index contributed by atoms with van der Waals surface area (Å²) in [5.74, 6) is 2.21. The zero-order chi connectivity index (χ0) is 23.3. The molecular weight excluding hydrogens is 430 g/mol. The molecule has 0 aromatic heterocycles. The van der Waals surface area contributed by atoms with E-state index in [1.807, 2.05) is 0 Å². The highest BCUT2D eigenvalue weighted by atomic mass is 31.2. The van der Waals surface area contributed by atoms with Crippen LogP contribution in [0.1, 0.15) is 47.2 Å². The number of rotatable bonds is 2. The molecule has 4 heteroatoms. The minimum absolute atomic E-state index is 0.0178. The fraction of sp³-hybridized carbons (Fsp3) is 0.429. The Morgan fingerprint density at radius 2 is 1.12 bits per heavy atom. The molecule has 2 aromatic carbocycles. The molecule has 3 aliphatic rings. The highest BCUT2D eigenvalue weighted by molar-refractivity contribution is 7.80. The smallest absolute Gasteiger partial charge is 0.141 e. The second kappa shape index (κ2) is 6.94. The van der Waals surface area contributed by atoms with Crippen LogP contribution < -0.4 is 10.6 Å². The van der Waals surface area contributed by atoms with Gasteiger partial charge >= 0.3 is 0 Å². The minimum atomic E-state index is -2.87. The van der Waals surface area contributed by atoms with E-state index in [1.54, 1.807) is 0 Å². The van der Waals surface area contributed by atoms with Gasteiger partial charge in [0.15, 0.2) is 0 Å². The van der Waals surface area contributed by atoms with Crippen LogP contribution in [-0.2, 0) is 9.13 Å². The summed E-state index contributed by atoms with van der Waals surface area (Å²) in [6.45, 7) is 16.9. The molecule has 2 aromatic rings. The molecule has 0 saturated carbocycles. The van der Waals surface area contributed by atoms with Crippen molar-refractivity contribution in [1.82, 2.24) is 0 Å². The molecule has 6 atom stereocenters. The molecule has 2 unspecified atom stereocenters. The van der Waals surface area contributed by atoms with E-state index in [0.717, 1.165) is 32.9 Å². The van der Waals surface area contributed by atoms with E-state index in [1.165, 1.54) is 22.3 Å². The Balaban J connectivity index is 1.76. The SMILES string of the molecule is CC1=CP(=O)(c2c(C)cc(C)cc2C)[C@H]2[C@@H]1[C@H]1C(C)=C[C@@H]2P1(=O)c1c(C)cc(C)cc1C. The van der Waals surface area contributed by atoms with Crippen molar-refractivity contribution < 1.29 is 9.13 Å². The van der Waals surface area contributed by atoms with Gasteiger partial charge in [0.2, 0.25) is 0 Å². The number of hydrogen-bond acceptors (Lipinski definition) is 2. The third-order valence-electron chi connectivity index (χ3n) is 8.15. The predicted molar refractivity (Wildman–Crippen MR) is 138 cm³/mol. The Morgan fingerprint density at radius 3 is 1.62 bits per heavy atom. The average Bonchev–Trinajstić information content (AvgIpc) is 3.15. The normalized spacial score (nSPS) is 35.1. The molecule has 0 amide bonds. The van der Waals surface area contributed by atoms with Crippen LogP contribution in [0.2, 0.25) is 0 Å². The monoisotopic (exact) mass is 464 g/mol. The zero-order valence-electron chi connectivity index (χ0n) is 20.5. The maximum Gasteiger partial charge on any atom is 0.141 e. The van der Waals surface area contributed by atoms with Crippen LogP contribution in [0.3, 0.4) is 0 Å². The third kappa shape index (κ3) is 2.66. The lowest BCUT2D eigenvalue weighted by molar-refractivity contribution is 0.551. The topological polar surface area (TPSA) is 34.1 Å². The Morgan fingerprint density at radius 1 is 0.656 bits per heavy atom. The van der Waals surface area contributed by atoms with Gasteiger partial charge in [0.25, 0.3) is 0 Å². The highest BCUT2D eigenvalue weighted by Gasteiger charge is 2.68. The second-order valence-corrected chi connectivity index (χ2v) is 16.4. The standard InChI is InChI=1S/C28H34O2P2/c1-15-9-17(3)25(18(4)10-15)31(29)14-22(8)24-27-21(7)13-23(28(24)31)32(27,30)26-19(5)11-16(2)12-20(26)6/h9-14,23-24,27-28H,1-8H3/t23-,24-,27+,28+,31?,32?/m0/s1. The van der Waals surface area contributed by atoms with E-state index in [9.17, 15) is 0 Å². The van der Waals surface area contributed by atoms with E-state index in [4.69, 9.17) is 0 Å². The number of fused-ring (bicyclic) bond motifs is 5. The molecule has 5 rings (SSSR count). The van der Waals surface area contributed by atoms with E-state index >= 15 is 9.13 Å². The summed E-state index contributed by atoms with van der Waals surface area (Å²) >= 11 is 0. The first-order valence-electron chi connectivity index (χ1n) is 11.6. The van der Waals surface area contributed by atoms with Crippen LogP contribution in [0.4, 0.5) is 0 Å². The Kier molecular flexibility index (Phi) is 4.81. The molecule has 2 bridgehead atoms. The molecule has 32 heavy (non-hydrogen) atoms. The van der Waals surface area contributed by atoms with Gasteiger partial charge in [-0.05, 0) is 83.5 Å². The Bertz CT molecular complexity index is 1300. The first kappa shape index (κ1) is 22.2. The Labute approximate surface area is 193 Å². The third-order valence-corrected chi connectivity index (χ3v) is 16.4. The van der Waals surface area contributed by atoms with Crippen molar-refractivity contribution in [3.05, 3.63) is 80.7 Å². The minimum Gasteiger partial charge on any atom is -0.317 e. The van der Waals surface area contributed by atoms with Crippen LogP contribution in [0.15, 0.2) is 47.3 Å². The predicted octanol–water partition coefficient (Wildman–Crippen LogP) is 6.83. The quantitative estimate of drug-likeness (QED) is 0.361. The molecule has 1 saturated heterocycles. The van der Waals surface area contributed by atoms with E-state index < -0.39 is 14.3 Å². The van der Waals surface area contributed by atoms with Gasteiger partial charge in [0.05, 0.1) is 0 Å². The molecule has 1 fully saturated rings. The number of aryl methyl sites for hydroxylation is 6. The summed E-state index contributed by atoms with van der Waals surface area (Å²) in [6.07, 6.45) is 2.24. The van der Waals surface area contributed by atoms with Crippen molar-refractivity contribution in [3.8, 4) is 0 Å². The van der Waals surface area contributed by atoms with Crippen LogP contribution in [0.5, 0.6) is 0 Å². The maximum atomic E-state index is 15.2. The lowest BCUT2D eigenvalue weighted by atomic mass is 9.85. The summed E-state index contributed by atoms with van der Waals surface area (Å²) in [4.78, 5) is 0. The molecule has 3 aliphatic heterocycles. The second-order valence-electron chi connectivity index (χ2n) is 10.6. The van der Waals surface area contributed by atoms with Crippen LogP contribution in [0.25, 0.3) is 0 Å². The Hall–Kier alpha value is -1.62. The van der Waals surface area contributed by atoms with Crippen molar-refractivity contribution in [1.29, 1.82) is 0 Å². The fourth-order valence-electron chi connectivity index (χ4n) is 7.62. The van der Waals surface area contributed by atoms with Crippen molar-refractivity contribution in [3.63, 3.8) is 0 Å². The van der Waals surface area contributed by atoms with Crippen molar-refractivity contribution in [2.75, 3.05) is 0 Å². The van der Waals surface area contributed by atoms with Gasteiger partial charge in [-0.1, -0.05) is 52.6 Å². The first-order chi connectivity index (χ1) is 14.9. The van der Waals surface area contributed by atoms with Crippen LogP contribution in [-0.4, -0.2) is 17.0 Å².